The van der Waals surface area contributed by atoms with Gasteiger partial charge in [-0.2, -0.15) is 0 Å². The molecule has 0 aliphatic rings. The van der Waals surface area contributed by atoms with Gasteiger partial charge < -0.3 is 10.1 Å². The van der Waals surface area contributed by atoms with Gasteiger partial charge in [0, 0.05) is 49.2 Å². The number of methoxy groups -OCH3 is 1. The summed E-state index contributed by atoms with van der Waals surface area (Å²) in [6.45, 7) is 3.32. The molecule has 2 rings (SSSR count). The van der Waals surface area contributed by atoms with Gasteiger partial charge in [-0.1, -0.05) is 0 Å². The molecule has 6 nitrogen and oxygen atoms in total. The van der Waals surface area contributed by atoms with Gasteiger partial charge in [-0.05, 0) is 25.5 Å². The van der Waals surface area contributed by atoms with Crippen molar-refractivity contribution in [2.24, 2.45) is 0 Å². The number of aryl methyl sites for hydroxylation is 1. The number of rotatable bonds is 6. The summed E-state index contributed by atoms with van der Waals surface area (Å²) >= 11 is 0. The molecule has 0 saturated carbocycles. The van der Waals surface area contributed by atoms with Crippen LogP contribution in [0.15, 0.2) is 24.3 Å². The Labute approximate surface area is 116 Å². The lowest BCUT2D eigenvalue weighted by molar-refractivity contribution is -0.384. The molecule has 0 atom stereocenters. The Morgan fingerprint density at radius 2 is 2.20 bits per heavy atom. The van der Waals surface area contributed by atoms with E-state index >= 15 is 0 Å². The summed E-state index contributed by atoms with van der Waals surface area (Å²) in [5.74, 6) is 0. The van der Waals surface area contributed by atoms with Gasteiger partial charge in [-0.15, -0.1) is 0 Å². The quantitative estimate of drug-likeness (QED) is 0.498. The van der Waals surface area contributed by atoms with E-state index in [1.54, 1.807) is 19.2 Å². The van der Waals surface area contributed by atoms with Crippen molar-refractivity contribution in [1.82, 2.24) is 4.98 Å². The first-order chi connectivity index (χ1) is 9.61. The number of ether oxygens (including phenoxy) is 1. The molecular weight excluding hydrogens is 258 g/mol. The van der Waals surface area contributed by atoms with E-state index in [-0.39, 0.29) is 5.69 Å². The molecule has 0 amide bonds. The van der Waals surface area contributed by atoms with Gasteiger partial charge in [-0.25, -0.2) is 0 Å². The monoisotopic (exact) mass is 275 g/mol. The number of benzene rings is 1. The molecule has 1 aromatic heterocycles. The second-order valence-corrected chi connectivity index (χ2v) is 4.54. The van der Waals surface area contributed by atoms with E-state index in [1.165, 1.54) is 6.07 Å². The first kappa shape index (κ1) is 14.2. The fraction of sp³-hybridized carbons (Fsp3) is 0.357. The van der Waals surface area contributed by atoms with E-state index in [0.717, 1.165) is 35.2 Å². The van der Waals surface area contributed by atoms with Crippen LogP contribution in [0.3, 0.4) is 0 Å². The van der Waals surface area contributed by atoms with Crippen LogP contribution in [0.4, 0.5) is 11.4 Å². The van der Waals surface area contributed by atoms with E-state index in [0.29, 0.717) is 6.61 Å². The third-order valence-electron chi connectivity index (χ3n) is 2.97. The highest BCUT2D eigenvalue weighted by Crippen LogP contribution is 2.27. The zero-order chi connectivity index (χ0) is 14.5. The lowest BCUT2D eigenvalue weighted by Gasteiger charge is -2.10. The van der Waals surface area contributed by atoms with E-state index in [9.17, 15) is 10.1 Å². The average molecular weight is 275 g/mol. The zero-order valence-corrected chi connectivity index (χ0v) is 11.5. The molecule has 1 heterocycles. The number of fused-ring (bicyclic) bond motifs is 1. The first-order valence-corrected chi connectivity index (χ1v) is 6.40. The molecule has 0 aliphatic carbocycles. The summed E-state index contributed by atoms with van der Waals surface area (Å²) in [6.07, 6.45) is 0.869. The van der Waals surface area contributed by atoms with Gasteiger partial charge in [-0.3, -0.25) is 15.1 Å². The van der Waals surface area contributed by atoms with E-state index in [1.807, 2.05) is 13.0 Å². The molecule has 1 N–H and O–H groups in total. The van der Waals surface area contributed by atoms with Crippen molar-refractivity contribution in [2.75, 3.05) is 25.6 Å². The Hall–Kier alpha value is -2.21. The summed E-state index contributed by atoms with van der Waals surface area (Å²) < 4.78 is 5.00. The minimum atomic E-state index is -0.395. The molecule has 0 spiro atoms. The van der Waals surface area contributed by atoms with E-state index in [2.05, 4.69) is 10.3 Å². The third kappa shape index (κ3) is 3.21. The lowest BCUT2D eigenvalue weighted by Crippen LogP contribution is -2.06. The Morgan fingerprint density at radius 3 is 2.90 bits per heavy atom. The molecule has 20 heavy (non-hydrogen) atoms. The smallest absolute Gasteiger partial charge is 0.270 e. The van der Waals surface area contributed by atoms with Crippen LogP contribution < -0.4 is 5.32 Å². The van der Waals surface area contributed by atoms with Gasteiger partial charge in [0.15, 0.2) is 0 Å². The number of nitro groups is 1. The maximum Gasteiger partial charge on any atom is 0.270 e. The SMILES string of the molecule is COCCCNc1cc(C)nc2ccc([N+](=O)[O-])cc12. The van der Waals surface area contributed by atoms with Crippen LogP contribution in [0.25, 0.3) is 10.9 Å². The number of hydrogen-bond acceptors (Lipinski definition) is 5. The van der Waals surface area contributed by atoms with Gasteiger partial charge in [0.25, 0.3) is 5.69 Å². The zero-order valence-electron chi connectivity index (χ0n) is 11.5. The van der Waals surface area contributed by atoms with Crippen molar-refractivity contribution < 1.29 is 9.66 Å². The van der Waals surface area contributed by atoms with Gasteiger partial charge in [0.1, 0.15) is 0 Å². The standard InChI is InChI=1S/C14H17N3O3/c1-10-8-14(15-6-3-7-20-2)12-9-11(17(18)19)4-5-13(12)16-10/h4-5,8-9H,3,6-7H2,1-2H3,(H,15,16). The fourth-order valence-corrected chi connectivity index (χ4v) is 2.05. The second-order valence-electron chi connectivity index (χ2n) is 4.54. The highest BCUT2D eigenvalue weighted by Gasteiger charge is 2.10. The summed E-state index contributed by atoms with van der Waals surface area (Å²) in [5, 5.41) is 14.9. The van der Waals surface area contributed by atoms with Crippen molar-refractivity contribution >= 4 is 22.3 Å². The topological polar surface area (TPSA) is 77.3 Å². The predicted octanol–water partition coefficient (Wildman–Crippen LogP) is 2.90. The fourth-order valence-electron chi connectivity index (χ4n) is 2.05. The number of nitro benzene ring substituents is 1. The van der Waals surface area contributed by atoms with Crippen LogP contribution in [0, 0.1) is 17.0 Å². The number of pyridine rings is 1. The first-order valence-electron chi connectivity index (χ1n) is 6.40. The number of anilines is 1. The van der Waals surface area contributed by atoms with Crippen molar-refractivity contribution in [3.8, 4) is 0 Å². The minimum absolute atomic E-state index is 0.0723. The van der Waals surface area contributed by atoms with E-state index < -0.39 is 4.92 Å². The Balaban J connectivity index is 2.34. The van der Waals surface area contributed by atoms with Crippen LogP contribution in [0.5, 0.6) is 0 Å². The Morgan fingerprint density at radius 1 is 1.40 bits per heavy atom. The second kappa shape index (κ2) is 6.29. The van der Waals surface area contributed by atoms with Gasteiger partial charge >= 0.3 is 0 Å². The maximum absolute atomic E-state index is 10.9. The normalized spacial score (nSPS) is 10.7. The molecule has 106 valence electrons. The Kier molecular flexibility index (Phi) is 4.47. The highest BCUT2D eigenvalue weighted by atomic mass is 16.6. The van der Waals surface area contributed by atoms with Crippen molar-refractivity contribution in [3.63, 3.8) is 0 Å². The number of nitrogens with one attached hydrogen (secondary N) is 1. The third-order valence-corrected chi connectivity index (χ3v) is 2.97. The van der Waals surface area contributed by atoms with Crippen molar-refractivity contribution in [3.05, 3.63) is 40.1 Å². The minimum Gasteiger partial charge on any atom is -0.385 e. The molecule has 1 aromatic carbocycles. The molecule has 0 fully saturated rings. The molecular formula is C14H17N3O3. The maximum atomic E-state index is 10.9. The summed E-state index contributed by atoms with van der Waals surface area (Å²) in [7, 11) is 1.66. The number of nitrogens with zero attached hydrogens (tertiary/aromatic N) is 2. The molecule has 0 saturated heterocycles. The average Bonchev–Trinajstić information content (AvgIpc) is 2.42. The summed E-state index contributed by atoms with van der Waals surface area (Å²) in [4.78, 5) is 14.9. The van der Waals surface area contributed by atoms with Gasteiger partial charge in [0.05, 0.1) is 10.4 Å². The highest BCUT2D eigenvalue weighted by molar-refractivity contribution is 5.93. The Bertz CT molecular complexity index is 628. The van der Waals surface area contributed by atoms with E-state index in [4.69, 9.17) is 4.74 Å². The molecule has 0 aliphatic heterocycles. The predicted molar refractivity (Wildman–Crippen MR) is 78.1 cm³/mol. The molecule has 2 aromatic rings. The van der Waals surface area contributed by atoms with Crippen LogP contribution in [-0.4, -0.2) is 30.2 Å². The largest absolute Gasteiger partial charge is 0.385 e. The number of non-ortho nitro benzene ring substituents is 1. The lowest BCUT2D eigenvalue weighted by atomic mass is 10.1. The molecule has 0 unspecified atom stereocenters. The van der Waals surface area contributed by atoms with Gasteiger partial charge in [0.2, 0.25) is 0 Å². The molecule has 6 heteroatoms. The summed E-state index contributed by atoms with van der Waals surface area (Å²) in [6, 6.07) is 6.61. The number of hydrogen-bond donors (Lipinski definition) is 1. The van der Waals surface area contributed by atoms with Crippen LogP contribution >= 0.6 is 0 Å². The van der Waals surface area contributed by atoms with Crippen LogP contribution in [0.1, 0.15) is 12.1 Å². The molecule has 0 radical (unpaired) electrons. The van der Waals surface area contributed by atoms with Crippen LogP contribution in [0.2, 0.25) is 0 Å². The summed E-state index contributed by atoms with van der Waals surface area (Å²) in [5.41, 5.74) is 2.57. The molecule has 0 bridgehead atoms. The van der Waals surface area contributed by atoms with Crippen molar-refractivity contribution in [1.29, 1.82) is 0 Å². The van der Waals surface area contributed by atoms with Crippen molar-refractivity contribution in [2.45, 2.75) is 13.3 Å². The number of aromatic nitrogens is 1. The van der Waals surface area contributed by atoms with Crippen LogP contribution in [-0.2, 0) is 4.74 Å².